The van der Waals surface area contributed by atoms with E-state index in [9.17, 15) is 4.79 Å². The Morgan fingerprint density at radius 2 is 1.78 bits per heavy atom. The van der Waals surface area contributed by atoms with Crippen molar-refractivity contribution in [3.05, 3.63) is 41.6 Å². The molecule has 0 saturated carbocycles. The number of aromatic nitrogens is 2. The summed E-state index contributed by atoms with van der Waals surface area (Å²) in [5.41, 5.74) is 2.77. The van der Waals surface area contributed by atoms with Gasteiger partial charge in [-0.15, -0.1) is 0 Å². The summed E-state index contributed by atoms with van der Waals surface area (Å²) in [6.45, 7) is 7.70. The monoisotopic (exact) mass is 368 g/mol. The van der Waals surface area contributed by atoms with Crippen molar-refractivity contribution in [3.63, 3.8) is 0 Å². The van der Waals surface area contributed by atoms with Gasteiger partial charge in [-0.2, -0.15) is 4.98 Å². The van der Waals surface area contributed by atoms with Crippen molar-refractivity contribution in [2.45, 2.75) is 13.8 Å². The van der Waals surface area contributed by atoms with Crippen molar-refractivity contribution in [3.8, 4) is 0 Å². The lowest BCUT2D eigenvalue weighted by molar-refractivity contribution is 0.0746. The molecule has 0 bridgehead atoms. The number of rotatable bonds is 5. The van der Waals surface area contributed by atoms with E-state index in [1.807, 2.05) is 68.1 Å². The smallest absolute Gasteiger partial charge is 0.253 e. The van der Waals surface area contributed by atoms with Crippen LogP contribution >= 0.6 is 0 Å². The molecule has 1 fully saturated rings. The summed E-state index contributed by atoms with van der Waals surface area (Å²) in [4.78, 5) is 27.9. The zero-order chi connectivity index (χ0) is 19.4. The third-order valence-electron chi connectivity index (χ3n) is 4.70. The van der Waals surface area contributed by atoms with E-state index in [1.165, 1.54) is 0 Å². The Balaban J connectivity index is 1.64. The standard InChI is InChI=1S/C20H28N6O/c1-5-21-20-22-15(2)14-18(23-20)25-10-12-26(13-11-25)19(27)16-6-8-17(9-7-16)24(3)4/h6-9,14H,5,10-13H2,1-4H3,(H,21,22,23). The molecule has 0 atom stereocenters. The lowest BCUT2D eigenvalue weighted by Crippen LogP contribution is -2.49. The summed E-state index contributed by atoms with van der Waals surface area (Å²) < 4.78 is 0. The van der Waals surface area contributed by atoms with Crippen LogP contribution in [0.15, 0.2) is 30.3 Å². The number of nitrogens with zero attached hydrogens (tertiary/aromatic N) is 5. The molecule has 0 aliphatic carbocycles. The molecule has 144 valence electrons. The third-order valence-corrected chi connectivity index (χ3v) is 4.70. The first-order valence-electron chi connectivity index (χ1n) is 9.39. The summed E-state index contributed by atoms with van der Waals surface area (Å²) >= 11 is 0. The zero-order valence-corrected chi connectivity index (χ0v) is 16.6. The molecule has 7 nitrogen and oxygen atoms in total. The van der Waals surface area contributed by atoms with E-state index in [2.05, 4.69) is 20.2 Å². The molecule has 2 aromatic rings. The second-order valence-electron chi connectivity index (χ2n) is 6.94. The number of hydrogen-bond donors (Lipinski definition) is 1. The molecule has 7 heteroatoms. The average Bonchev–Trinajstić information content (AvgIpc) is 2.67. The number of carbonyl (C=O) groups excluding carboxylic acids is 1. The quantitative estimate of drug-likeness (QED) is 0.873. The van der Waals surface area contributed by atoms with Gasteiger partial charge in [-0.1, -0.05) is 0 Å². The number of amides is 1. The van der Waals surface area contributed by atoms with E-state index in [-0.39, 0.29) is 5.91 Å². The molecule has 1 amide bonds. The predicted molar refractivity (Wildman–Crippen MR) is 110 cm³/mol. The van der Waals surface area contributed by atoms with Crippen LogP contribution in [0.1, 0.15) is 23.0 Å². The summed E-state index contributed by atoms with van der Waals surface area (Å²) in [6, 6.07) is 9.77. The molecule has 27 heavy (non-hydrogen) atoms. The van der Waals surface area contributed by atoms with Crippen molar-refractivity contribution in [1.29, 1.82) is 0 Å². The summed E-state index contributed by atoms with van der Waals surface area (Å²) in [5, 5.41) is 3.17. The molecule has 1 aliphatic heterocycles. The maximum atomic E-state index is 12.8. The van der Waals surface area contributed by atoms with Crippen molar-refractivity contribution in [2.24, 2.45) is 0 Å². The second kappa shape index (κ2) is 8.24. The third kappa shape index (κ3) is 4.48. The number of carbonyl (C=O) groups is 1. The fourth-order valence-corrected chi connectivity index (χ4v) is 3.17. The number of benzene rings is 1. The minimum Gasteiger partial charge on any atom is -0.378 e. The number of piperazine rings is 1. The van der Waals surface area contributed by atoms with E-state index in [0.717, 1.165) is 42.4 Å². The van der Waals surface area contributed by atoms with Crippen LogP contribution < -0.4 is 15.1 Å². The van der Waals surface area contributed by atoms with Crippen LogP contribution in [0.4, 0.5) is 17.5 Å². The summed E-state index contributed by atoms with van der Waals surface area (Å²) in [7, 11) is 3.98. The van der Waals surface area contributed by atoms with Gasteiger partial charge < -0.3 is 20.0 Å². The van der Waals surface area contributed by atoms with Gasteiger partial charge in [0.15, 0.2) is 0 Å². The van der Waals surface area contributed by atoms with E-state index >= 15 is 0 Å². The van der Waals surface area contributed by atoms with Crippen molar-refractivity contribution in [2.75, 3.05) is 61.9 Å². The molecule has 1 saturated heterocycles. The fraction of sp³-hybridized carbons (Fsp3) is 0.450. The Morgan fingerprint density at radius 1 is 1.11 bits per heavy atom. The molecule has 1 aliphatic rings. The highest BCUT2D eigenvalue weighted by molar-refractivity contribution is 5.94. The molecular formula is C20H28N6O. The molecule has 1 N–H and O–H groups in total. The maximum Gasteiger partial charge on any atom is 0.253 e. The van der Waals surface area contributed by atoms with Crippen LogP contribution in [0.25, 0.3) is 0 Å². The number of hydrogen-bond acceptors (Lipinski definition) is 6. The highest BCUT2D eigenvalue weighted by Crippen LogP contribution is 2.19. The van der Waals surface area contributed by atoms with E-state index in [0.29, 0.717) is 19.0 Å². The molecule has 1 aromatic carbocycles. The van der Waals surface area contributed by atoms with Crippen LogP contribution in [-0.2, 0) is 0 Å². The maximum absolute atomic E-state index is 12.8. The molecule has 0 unspecified atom stereocenters. The average molecular weight is 368 g/mol. The van der Waals surface area contributed by atoms with Gasteiger partial charge in [0.25, 0.3) is 5.91 Å². The first-order valence-corrected chi connectivity index (χ1v) is 9.39. The van der Waals surface area contributed by atoms with E-state index < -0.39 is 0 Å². The molecule has 2 heterocycles. The Morgan fingerprint density at radius 3 is 2.37 bits per heavy atom. The van der Waals surface area contributed by atoms with Crippen molar-refractivity contribution >= 4 is 23.4 Å². The molecular weight excluding hydrogens is 340 g/mol. The van der Waals surface area contributed by atoms with Crippen LogP contribution in [0.2, 0.25) is 0 Å². The van der Waals surface area contributed by atoms with Gasteiger partial charge >= 0.3 is 0 Å². The first kappa shape index (κ1) is 18.9. The predicted octanol–water partition coefficient (Wildman–Crippen LogP) is 2.25. The van der Waals surface area contributed by atoms with E-state index in [4.69, 9.17) is 0 Å². The Bertz CT molecular complexity index is 782. The fourth-order valence-electron chi connectivity index (χ4n) is 3.17. The van der Waals surface area contributed by atoms with Crippen molar-refractivity contribution < 1.29 is 4.79 Å². The van der Waals surface area contributed by atoms with Gasteiger partial charge in [0.2, 0.25) is 5.95 Å². The van der Waals surface area contributed by atoms with Gasteiger partial charge in [0.05, 0.1) is 0 Å². The van der Waals surface area contributed by atoms with Crippen LogP contribution in [0.3, 0.4) is 0 Å². The summed E-state index contributed by atoms with van der Waals surface area (Å²) in [6.07, 6.45) is 0. The summed E-state index contributed by atoms with van der Waals surface area (Å²) in [5.74, 6) is 1.67. The largest absolute Gasteiger partial charge is 0.378 e. The normalized spacial score (nSPS) is 14.2. The van der Waals surface area contributed by atoms with Gasteiger partial charge in [0.1, 0.15) is 5.82 Å². The zero-order valence-electron chi connectivity index (χ0n) is 16.6. The van der Waals surface area contributed by atoms with Crippen LogP contribution in [0, 0.1) is 6.92 Å². The number of aryl methyl sites for hydroxylation is 1. The molecule has 0 spiro atoms. The number of nitrogens with one attached hydrogen (secondary N) is 1. The van der Waals surface area contributed by atoms with Gasteiger partial charge in [-0.3, -0.25) is 4.79 Å². The first-order chi connectivity index (χ1) is 13.0. The van der Waals surface area contributed by atoms with Gasteiger partial charge in [0, 0.05) is 69.8 Å². The highest BCUT2D eigenvalue weighted by Gasteiger charge is 2.23. The Hall–Kier alpha value is -2.83. The topological polar surface area (TPSA) is 64.6 Å². The molecule has 0 radical (unpaired) electrons. The molecule has 1 aromatic heterocycles. The lowest BCUT2D eigenvalue weighted by atomic mass is 10.1. The second-order valence-corrected chi connectivity index (χ2v) is 6.94. The lowest BCUT2D eigenvalue weighted by Gasteiger charge is -2.35. The van der Waals surface area contributed by atoms with Crippen LogP contribution in [0.5, 0.6) is 0 Å². The van der Waals surface area contributed by atoms with Crippen molar-refractivity contribution in [1.82, 2.24) is 14.9 Å². The van der Waals surface area contributed by atoms with Gasteiger partial charge in [-0.25, -0.2) is 4.98 Å². The van der Waals surface area contributed by atoms with Crippen LogP contribution in [-0.4, -0.2) is 67.6 Å². The number of anilines is 3. The minimum absolute atomic E-state index is 0.0900. The highest BCUT2D eigenvalue weighted by atomic mass is 16.2. The van der Waals surface area contributed by atoms with Gasteiger partial charge in [-0.05, 0) is 38.1 Å². The Kier molecular flexibility index (Phi) is 5.78. The Labute approximate surface area is 161 Å². The minimum atomic E-state index is 0.0900. The SMILES string of the molecule is CCNc1nc(C)cc(N2CCN(C(=O)c3ccc(N(C)C)cc3)CC2)n1. The molecule has 3 rings (SSSR count). The van der Waals surface area contributed by atoms with E-state index in [1.54, 1.807) is 0 Å².